The third kappa shape index (κ3) is 3.15. The first-order valence-corrected chi connectivity index (χ1v) is 7.40. The molecule has 1 aromatic rings. The van der Waals surface area contributed by atoms with E-state index in [2.05, 4.69) is 45.9 Å². The van der Waals surface area contributed by atoms with Gasteiger partial charge in [0, 0.05) is 13.0 Å². The topological polar surface area (TPSA) is 38.7 Å². The average molecular weight is 278 g/mol. The van der Waals surface area contributed by atoms with Gasteiger partial charge in [-0.1, -0.05) is 32.9 Å². The van der Waals surface area contributed by atoms with Gasteiger partial charge in [-0.15, -0.1) is 0 Å². The molecule has 1 aliphatic rings. The van der Waals surface area contributed by atoms with E-state index in [1.54, 1.807) is 0 Å². The Morgan fingerprint density at radius 1 is 1.30 bits per heavy atom. The fraction of sp³-hybridized carbons (Fsp3) is 0.647. The smallest absolute Gasteiger partial charge is 0.130 e. The Bertz CT molecular complexity index is 462. The highest BCUT2D eigenvalue weighted by molar-refractivity contribution is 5.41. The molecule has 1 fully saturated rings. The van der Waals surface area contributed by atoms with Crippen molar-refractivity contribution in [3.8, 4) is 5.75 Å². The molecule has 0 radical (unpaired) electrons. The van der Waals surface area contributed by atoms with Crippen molar-refractivity contribution in [3.05, 3.63) is 29.3 Å². The summed E-state index contributed by atoms with van der Waals surface area (Å²) < 4.78 is 11.7. The van der Waals surface area contributed by atoms with E-state index in [4.69, 9.17) is 9.47 Å². The van der Waals surface area contributed by atoms with E-state index in [0.717, 1.165) is 5.75 Å². The monoisotopic (exact) mass is 278 g/mol. The number of aryl methyl sites for hydroxylation is 1. The lowest BCUT2D eigenvalue weighted by Crippen LogP contribution is -2.55. The first-order chi connectivity index (χ1) is 9.32. The quantitative estimate of drug-likeness (QED) is 0.919. The van der Waals surface area contributed by atoms with Crippen LogP contribution < -0.4 is 4.74 Å². The molecule has 2 rings (SSSR count). The maximum Gasteiger partial charge on any atom is 0.130 e. The summed E-state index contributed by atoms with van der Waals surface area (Å²) in [6.45, 7) is 11.1. The van der Waals surface area contributed by atoms with Gasteiger partial charge < -0.3 is 14.6 Å². The SMILES string of the molecule is CCOC1C(O)CC1Oc1cc(C)ccc1C(C)(C)C. The van der Waals surface area contributed by atoms with Gasteiger partial charge in [-0.05, 0) is 36.5 Å². The average Bonchev–Trinajstić information content (AvgIpc) is 2.34. The second kappa shape index (κ2) is 5.74. The first kappa shape index (κ1) is 15.3. The number of hydrogen-bond donors (Lipinski definition) is 1. The standard InChI is InChI=1S/C17H26O3/c1-6-19-16-13(18)10-15(16)20-14-9-11(2)7-8-12(14)17(3,4)5/h7-9,13,15-16,18H,6,10H2,1-5H3. The molecule has 0 bridgehead atoms. The Kier molecular flexibility index (Phi) is 4.40. The van der Waals surface area contributed by atoms with Crippen LogP contribution in [0.15, 0.2) is 18.2 Å². The van der Waals surface area contributed by atoms with Crippen LogP contribution in [-0.4, -0.2) is 30.0 Å². The van der Waals surface area contributed by atoms with E-state index < -0.39 is 6.10 Å². The van der Waals surface area contributed by atoms with Gasteiger partial charge >= 0.3 is 0 Å². The molecular formula is C17H26O3. The number of hydrogen-bond acceptors (Lipinski definition) is 3. The van der Waals surface area contributed by atoms with Crippen molar-refractivity contribution in [2.45, 2.75) is 64.8 Å². The highest BCUT2D eigenvalue weighted by atomic mass is 16.6. The van der Waals surface area contributed by atoms with Crippen LogP contribution in [0.1, 0.15) is 45.2 Å². The zero-order chi connectivity index (χ0) is 14.9. The molecular weight excluding hydrogens is 252 g/mol. The Balaban J connectivity index is 2.19. The Hall–Kier alpha value is -1.06. The molecule has 1 saturated carbocycles. The third-order valence-electron chi connectivity index (χ3n) is 3.80. The molecule has 0 spiro atoms. The number of benzene rings is 1. The molecule has 0 aromatic heterocycles. The van der Waals surface area contributed by atoms with E-state index >= 15 is 0 Å². The number of rotatable bonds is 4. The molecule has 1 N–H and O–H groups in total. The van der Waals surface area contributed by atoms with Crippen molar-refractivity contribution in [2.24, 2.45) is 0 Å². The predicted octanol–water partition coefficient (Wildman–Crippen LogP) is 3.21. The van der Waals surface area contributed by atoms with Crippen LogP contribution in [0.25, 0.3) is 0 Å². The lowest BCUT2D eigenvalue weighted by atomic mass is 9.85. The number of aliphatic hydroxyl groups is 1. The van der Waals surface area contributed by atoms with Crippen LogP contribution in [0.5, 0.6) is 5.75 Å². The maximum absolute atomic E-state index is 9.77. The highest BCUT2D eigenvalue weighted by Gasteiger charge is 2.43. The molecule has 112 valence electrons. The summed E-state index contributed by atoms with van der Waals surface area (Å²) in [4.78, 5) is 0. The van der Waals surface area contributed by atoms with Gasteiger partial charge in [0.2, 0.25) is 0 Å². The fourth-order valence-corrected chi connectivity index (χ4v) is 2.59. The van der Waals surface area contributed by atoms with Crippen LogP contribution in [0.4, 0.5) is 0 Å². The van der Waals surface area contributed by atoms with Crippen LogP contribution >= 0.6 is 0 Å². The summed E-state index contributed by atoms with van der Waals surface area (Å²) in [5, 5.41) is 9.77. The molecule has 1 aliphatic carbocycles. The van der Waals surface area contributed by atoms with Crippen molar-refractivity contribution in [3.63, 3.8) is 0 Å². The van der Waals surface area contributed by atoms with Crippen LogP contribution in [-0.2, 0) is 10.2 Å². The van der Waals surface area contributed by atoms with E-state index in [0.29, 0.717) is 13.0 Å². The first-order valence-electron chi connectivity index (χ1n) is 7.40. The summed E-state index contributed by atoms with van der Waals surface area (Å²) in [6.07, 6.45) is -0.00799. The number of aliphatic hydroxyl groups excluding tert-OH is 1. The second-order valence-corrected chi connectivity index (χ2v) is 6.63. The Morgan fingerprint density at radius 2 is 2.00 bits per heavy atom. The zero-order valence-electron chi connectivity index (χ0n) is 13.1. The molecule has 1 aromatic carbocycles. The minimum absolute atomic E-state index is 0.0342. The van der Waals surface area contributed by atoms with Gasteiger partial charge in [-0.3, -0.25) is 0 Å². The summed E-state index contributed by atoms with van der Waals surface area (Å²) in [7, 11) is 0. The molecule has 20 heavy (non-hydrogen) atoms. The van der Waals surface area contributed by atoms with Crippen molar-refractivity contribution >= 4 is 0 Å². The van der Waals surface area contributed by atoms with Crippen LogP contribution in [0.3, 0.4) is 0 Å². The molecule has 3 unspecified atom stereocenters. The van der Waals surface area contributed by atoms with E-state index in [9.17, 15) is 5.11 Å². The Labute approximate surface area is 121 Å². The summed E-state index contributed by atoms with van der Waals surface area (Å²) in [5.41, 5.74) is 2.41. The lowest BCUT2D eigenvalue weighted by molar-refractivity contribution is -0.160. The van der Waals surface area contributed by atoms with Gasteiger partial charge in [0.15, 0.2) is 0 Å². The molecule has 3 atom stereocenters. The van der Waals surface area contributed by atoms with Gasteiger partial charge in [-0.2, -0.15) is 0 Å². The molecule has 3 heteroatoms. The van der Waals surface area contributed by atoms with Crippen LogP contribution in [0.2, 0.25) is 0 Å². The lowest BCUT2D eigenvalue weighted by Gasteiger charge is -2.41. The largest absolute Gasteiger partial charge is 0.487 e. The van der Waals surface area contributed by atoms with E-state index in [-0.39, 0.29) is 17.6 Å². The van der Waals surface area contributed by atoms with Crippen molar-refractivity contribution in [1.82, 2.24) is 0 Å². The molecule has 0 aliphatic heterocycles. The van der Waals surface area contributed by atoms with Gasteiger partial charge in [0.05, 0.1) is 6.10 Å². The fourth-order valence-electron chi connectivity index (χ4n) is 2.59. The molecule has 0 saturated heterocycles. The molecule has 3 nitrogen and oxygen atoms in total. The van der Waals surface area contributed by atoms with Crippen molar-refractivity contribution in [2.75, 3.05) is 6.61 Å². The van der Waals surface area contributed by atoms with Crippen molar-refractivity contribution in [1.29, 1.82) is 0 Å². The summed E-state index contributed by atoms with van der Waals surface area (Å²) in [5.74, 6) is 0.916. The van der Waals surface area contributed by atoms with E-state index in [1.807, 2.05) is 6.92 Å². The minimum atomic E-state index is -0.400. The van der Waals surface area contributed by atoms with E-state index in [1.165, 1.54) is 11.1 Å². The van der Waals surface area contributed by atoms with Crippen LogP contribution in [0, 0.1) is 6.92 Å². The third-order valence-corrected chi connectivity index (χ3v) is 3.80. The van der Waals surface area contributed by atoms with Gasteiger partial charge in [0.1, 0.15) is 18.0 Å². The normalized spacial score (nSPS) is 26.2. The second-order valence-electron chi connectivity index (χ2n) is 6.63. The molecule has 0 amide bonds. The van der Waals surface area contributed by atoms with Crippen molar-refractivity contribution < 1.29 is 14.6 Å². The van der Waals surface area contributed by atoms with Gasteiger partial charge in [-0.25, -0.2) is 0 Å². The Morgan fingerprint density at radius 3 is 2.55 bits per heavy atom. The van der Waals surface area contributed by atoms with Gasteiger partial charge in [0.25, 0.3) is 0 Å². The summed E-state index contributed by atoms with van der Waals surface area (Å²) >= 11 is 0. The zero-order valence-corrected chi connectivity index (χ0v) is 13.1. The predicted molar refractivity (Wildman–Crippen MR) is 80.3 cm³/mol. The maximum atomic E-state index is 9.77. The number of ether oxygens (including phenoxy) is 2. The molecule has 0 heterocycles. The minimum Gasteiger partial charge on any atom is -0.487 e. The summed E-state index contributed by atoms with van der Waals surface area (Å²) in [6, 6.07) is 6.33. The highest BCUT2D eigenvalue weighted by Crippen LogP contribution is 2.36.